The lowest BCUT2D eigenvalue weighted by Gasteiger charge is -2.16. The van der Waals surface area contributed by atoms with Crippen LogP contribution in [0.3, 0.4) is 0 Å². The second-order valence-electron chi connectivity index (χ2n) is 6.51. The van der Waals surface area contributed by atoms with Crippen molar-refractivity contribution in [1.82, 2.24) is 14.8 Å². The molecule has 1 aromatic heterocycles. The maximum Gasteiger partial charge on any atom is 0.262 e. The van der Waals surface area contributed by atoms with Gasteiger partial charge in [-0.2, -0.15) is 0 Å². The maximum absolute atomic E-state index is 13.0. The largest absolute Gasteiger partial charge is 0.497 e. The molecule has 0 bridgehead atoms. The summed E-state index contributed by atoms with van der Waals surface area (Å²) in [5.41, 5.74) is 2.72. The van der Waals surface area contributed by atoms with E-state index in [9.17, 15) is 9.59 Å². The third kappa shape index (κ3) is 2.29. The number of methoxy groups -OCH3 is 1. The molecule has 2 aromatic carbocycles. The van der Waals surface area contributed by atoms with Crippen molar-refractivity contribution >= 4 is 33.6 Å². The van der Waals surface area contributed by atoms with E-state index in [1.165, 1.54) is 4.90 Å². The number of aromatic amines is 1. The normalized spacial score (nSPS) is 14.2. The van der Waals surface area contributed by atoms with Gasteiger partial charge >= 0.3 is 0 Å². The summed E-state index contributed by atoms with van der Waals surface area (Å²) in [6.45, 7) is 1.02. The van der Waals surface area contributed by atoms with Crippen LogP contribution in [-0.4, -0.2) is 60.9 Å². The van der Waals surface area contributed by atoms with Crippen molar-refractivity contribution in [3.63, 3.8) is 0 Å². The Morgan fingerprint density at radius 2 is 1.84 bits per heavy atom. The quantitative estimate of drug-likeness (QED) is 0.743. The zero-order valence-electron chi connectivity index (χ0n) is 14.4. The van der Waals surface area contributed by atoms with Gasteiger partial charge in [0, 0.05) is 34.9 Å². The van der Waals surface area contributed by atoms with Gasteiger partial charge in [-0.05, 0) is 44.4 Å². The van der Waals surface area contributed by atoms with Crippen LogP contribution in [0.5, 0.6) is 5.75 Å². The molecule has 0 unspecified atom stereocenters. The average Bonchev–Trinajstić information content (AvgIpc) is 3.08. The number of nitrogens with zero attached hydrogens (tertiary/aromatic N) is 2. The first kappa shape index (κ1) is 15.7. The Morgan fingerprint density at radius 1 is 1.08 bits per heavy atom. The topological polar surface area (TPSA) is 65.6 Å². The number of benzene rings is 2. The van der Waals surface area contributed by atoms with E-state index in [2.05, 4.69) is 4.98 Å². The van der Waals surface area contributed by atoms with Crippen LogP contribution in [-0.2, 0) is 0 Å². The summed E-state index contributed by atoms with van der Waals surface area (Å²) in [4.78, 5) is 32.3. The van der Waals surface area contributed by atoms with E-state index in [0.717, 1.165) is 21.8 Å². The van der Waals surface area contributed by atoms with Gasteiger partial charge in [0.1, 0.15) is 5.75 Å². The molecule has 0 saturated heterocycles. The Bertz CT molecular complexity index is 1020. The van der Waals surface area contributed by atoms with E-state index in [4.69, 9.17) is 4.74 Å². The zero-order valence-corrected chi connectivity index (χ0v) is 14.4. The molecule has 4 rings (SSSR count). The number of carbonyl (C=O) groups is 2. The lowest BCUT2D eigenvalue weighted by atomic mass is 10.0. The van der Waals surface area contributed by atoms with Crippen molar-refractivity contribution in [3.05, 3.63) is 41.5 Å². The molecule has 25 heavy (non-hydrogen) atoms. The summed E-state index contributed by atoms with van der Waals surface area (Å²) < 4.78 is 5.31. The number of carbonyl (C=O) groups excluding carboxylic acids is 2. The molecule has 1 aliphatic heterocycles. The second kappa shape index (κ2) is 5.60. The molecule has 0 atom stereocenters. The van der Waals surface area contributed by atoms with Crippen molar-refractivity contribution in [3.8, 4) is 5.75 Å². The number of aromatic nitrogens is 1. The van der Waals surface area contributed by atoms with Crippen LogP contribution < -0.4 is 4.74 Å². The standard InChI is InChI=1S/C19H19N3O3/c1-21(2)8-9-22-18(23)12-5-7-15-16(17(12)19(22)24)13-10-11(25-3)4-6-14(13)20-15/h4-7,10,20H,8-9H2,1-3H3. The van der Waals surface area contributed by atoms with E-state index in [1.54, 1.807) is 13.2 Å². The number of amides is 2. The maximum atomic E-state index is 13.0. The molecule has 2 amide bonds. The summed E-state index contributed by atoms with van der Waals surface area (Å²) >= 11 is 0. The molecule has 0 spiro atoms. The average molecular weight is 337 g/mol. The summed E-state index contributed by atoms with van der Waals surface area (Å²) in [6, 6.07) is 9.29. The van der Waals surface area contributed by atoms with Crippen LogP contribution in [0.1, 0.15) is 20.7 Å². The monoisotopic (exact) mass is 337 g/mol. The van der Waals surface area contributed by atoms with Crippen LogP contribution in [0.2, 0.25) is 0 Å². The molecule has 0 saturated carbocycles. The molecular formula is C19H19N3O3. The Morgan fingerprint density at radius 3 is 2.56 bits per heavy atom. The van der Waals surface area contributed by atoms with Gasteiger partial charge in [0.15, 0.2) is 0 Å². The molecule has 0 fully saturated rings. The molecule has 1 aliphatic rings. The van der Waals surface area contributed by atoms with Gasteiger partial charge < -0.3 is 14.6 Å². The van der Waals surface area contributed by atoms with Crippen molar-refractivity contribution in [1.29, 1.82) is 0 Å². The highest BCUT2D eigenvalue weighted by Crippen LogP contribution is 2.36. The number of hydrogen-bond acceptors (Lipinski definition) is 4. The van der Waals surface area contributed by atoms with Crippen LogP contribution in [0, 0.1) is 0 Å². The van der Waals surface area contributed by atoms with Crippen molar-refractivity contribution in [2.45, 2.75) is 0 Å². The number of rotatable bonds is 4. The molecular weight excluding hydrogens is 318 g/mol. The van der Waals surface area contributed by atoms with Crippen LogP contribution >= 0.6 is 0 Å². The van der Waals surface area contributed by atoms with Crippen molar-refractivity contribution < 1.29 is 14.3 Å². The minimum absolute atomic E-state index is 0.221. The highest BCUT2D eigenvalue weighted by atomic mass is 16.5. The number of likely N-dealkylation sites (N-methyl/N-ethyl adjacent to an activating group) is 1. The van der Waals surface area contributed by atoms with Crippen molar-refractivity contribution in [2.75, 3.05) is 34.3 Å². The van der Waals surface area contributed by atoms with Gasteiger partial charge in [0.25, 0.3) is 11.8 Å². The fourth-order valence-corrected chi connectivity index (χ4v) is 3.37. The fourth-order valence-electron chi connectivity index (χ4n) is 3.37. The van der Waals surface area contributed by atoms with Crippen molar-refractivity contribution in [2.24, 2.45) is 0 Å². The van der Waals surface area contributed by atoms with E-state index in [0.29, 0.717) is 30.0 Å². The summed E-state index contributed by atoms with van der Waals surface area (Å²) in [5, 5.41) is 1.68. The lowest BCUT2D eigenvalue weighted by molar-refractivity contribution is 0.0645. The molecule has 6 heteroatoms. The summed E-state index contributed by atoms with van der Waals surface area (Å²) in [5.74, 6) is 0.268. The molecule has 128 valence electrons. The number of H-pyrrole nitrogens is 1. The Balaban J connectivity index is 1.92. The SMILES string of the molecule is COc1ccc2[nH]c3ccc4c(c3c2c1)C(=O)N(CCN(C)C)C4=O. The van der Waals surface area contributed by atoms with Gasteiger partial charge in [0.2, 0.25) is 0 Å². The zero-order chi connectivity index (χ0) is 17.7. The Labute approximate surface area is 145 Å². The van der Waals surface area contributed by atoms with E-state index < -0.39 is 0 Å². The number of nitrogens with one attached hydrogen (secondary N) is 1. The number of fused-ring (bicyclic) bond motifs is 5. The molecule has 0 aliphatic carbocycles. The van der Waals surface area contributed by atoms with Crippen LogP contribution in [0.25, 0.3) is 21.8 Å². The lowest BCUT2D eigenvalue weighted by Crippen LogP contribution is -2.35. The smallest absolute Gasteiger partial charge is 0.262 e. The molecule has 3 aromatic rings. The van der Waals surface area contributed by atoms with Crippen LogP contribution in [0.15, 0.2) is 30.3 Å². The molecule has 1 N–H and O–H groups in total. The van der Waals surface area contributed by atoms with E-state index in [1.807, 2.05) is 43.3 Å². The Hall–Kier alpha value is -2.86. The summed E-state index contributed by atoms with van der Waals surface area (Å²) in [6.07, 6.45) is 0. The number of hydrogen-bond donors (Lipinski definition) is 1. The number of ether oxygens (including phenoxy) is 1. The highest BCUT2D eigenvalue weighted by molar-refractivity contribution is 6.30. The minimum Gasteiger partial charge on any atom is -0.497 e. The van der Waals surface area contributed by atoms with Gasteiger partial charge in [-0.25, -0.2) is 0 Å². The first-order chi connectivity index (χ1) is 12.0. The molecule has 2 heterocycles. The first-order valence-corrected chi connectivity index (χ1v) is 8.14. The van der Waals surface area contributed by atoms with E-state index in [-0.39, 0.29) is 11.8 Å². The van der Waals surface area contributed by atoms with Gasteiger partial charge in [-0.15, -0.1) is 0 Å². The van der Waals surface area contributed by atoms with Gasteiger partial charge in [0.05, 0.1) is 18.2 Å². The summed E-state index contributed by atoms with van der Waals surface area (Å²) in [7, 11) is 5.45. The predicted molar refractivity (Wildman–Crippen MR) is 96.3 cm³/mol. The van der Waals surface area contributed by atoms with E-state index >= 15 is 0 Å². The molecule has 6 nitrogen and oxygen atoms in total. The highest BCUT2D eigenvalue weighted by Gasteiger charge is 2.37. The molecule has 0 radical (unpaired) electrons. The second-order valence-corrected chi connectivity index (χ2v) is 6.51. The predicted octanol–water partition coefficient (Wildman–Crippen LogP) is 2.49. The third-order valence-electron chi connectivity index (χ3n) is 4.68. The Kier molecular flexibility index (Phi) is 3.51. The van der Waals surface area contributed by atoms with Gasteiger partial charge in [-0.3, -0.25) is 14.5 Å². The first-order valence-electron chi connectivity index (χ1n) is 8.14. The van der Waals surface area contributed by atoms with Gasteiger partial charge in [-0.1, -0.05) is 0 Å². The number of imide groups is 1. The fraction of sp³-hybridized carbons (Fsp3) is 0.263. The minimum atomic E-state index is -0.226. The van der Waals surface area contributed by atoms with Crippen LogP contribution in [0.4, 0.5) is 0 Å². The third-order valence-corrected chi connectivity index (χ3v) is 4.68.